The maximum atomic E-state index is 13.7. The summed E-state index contributed by atoms with van der Waals surface area (Å²) in [7, 11) is 2.98. The molecule has 166 valence electrons. The maximum absolute atomic E-state index is 13.7. The highest BCUT2D eigenvalue weighted by atomic mass is 35.5. The first-order chi connectivity index (χ1) is 15.4. The Kier molecular flexibility index (Phi) is 7.74. The number of carbonyl (C=O) groups excluding carboxylic acids is 2. The van der Waals surface area contributed by atoms with Crippen molar-refractivity contribution in [3.63, 3.8) is 0 Å². The molecule has 8 nitrogen and oxygen atoms in total. The van der Waals surface area contributed by atoms with Gasteiger partial charge in [-0.15, -0.1) is 0 Å². The van der Waals surface area contributed by atoms with Crippen molar-refractivity contribution >= 4 is 47.0 Å². The molecule has 0 aliphatic carbocycles. The number of anilines is 2. The number of rotatable bonds is 7. The first-order valence-electron chi connectivity index (χ1n) is 9.08. The number of pyridine rings is 1. The van der Waals surface area contributed by atoms with E-state index in [2.05, 4.69) is 20.3 Å². The second-order valence-corrected chi connectivity index (χ2v) is 7.42. The number of carbonyl (C=O) groups is 2. The Hall–Kier alpha value is -3.50. The molecule has 3 rings (SSSR count). The Morgan fingerprint density at radius 2 is 1.78 bits per heavy atom. The van der Waals surface area contributed by atoms with Crippen LogP contribution in [0, 0.1) is 5.82 Å². The lowest BCUT2D eigenvalue weighted by atomic mass is 10.2. The molecule has 3 N–H and O–H groups in total. The predicted molar refractivity (Wildman–Crippen MR) is 121 cm³/mol. The van der Waals surface area contributed by atoms with Gasteiger partial charge in [-0.2, -0.15) is 0 Å². The topological polar surface area (TPSA) is 102 Å². The number of nitrogens with one attached hydrogen (secondary N) is 3. The maximum Gasteiger partial charge on any atom is 0.330 e. The molecule has 1 aromatic heterocycles. The summed E-state index contributed by atoms with van der Waals surface area (Å²) in [4.78, 5) is 29.0. The van der Waals surface area contributed by atoms with Crippen molar-refractivity contribution < 1.29 is 23.5 Å². The minimum atomic E-state index is -0.625. The lowest BCUT2D eigenvalue weighted by molar-refractivity contribution is 0.102. The second kappa shape index (κ2) is 10.7. The fourth-order valence-corrected chi connectivity index (χ4v) is 3.52. The summed E-state index contributed by atoms with van der Waals surface area (Å²) in [5.74, 6) is -0.0629. The van der Waals surface area contributed by atoms with Gasteiger partial charge in [0.05, 0.1) is 41.6 Å². The second-order valence-electron chi connectivity index (χ2n) is 6.16. The first kappa shape index (κ1) is 23.2. The SMILES string of the molecule is COc1cc(OC)c(SNC(=O)Nc2ccc(NC(=O)c3ccccc3F)cn2)cc1Cl. The number of benzene rings is 2. The molecule has 0 saturated carbocycles. The quantitative estimate of drug-likeness (QED) is 0.416. The van der Waals surface area contributed by atoms with Crippen molar-refractivity contribution in [3.8, 4) is 11.5 Å². The smallest absolute Gasteiger partial charge is 0.330 e. The van der Waals surface area contributed by atoms with Crippen LogP contribution in [0.3, 0.4) is 0 Å². The highest BCUT2D eigenvalue weighted by Gasteiger charge is 2.13. The van der Waals surface area contributed by atoms with Gasteiger partial charge >= 0.3 is 6.03 Å². The Bertz CT molecular complexity index is 1130. The zero-order valence-electron chi connectivity index (χ0n) is 16.9. The van der Waals surface area contributed by atoms with E-state index in [4.69, 9.17) is 21.1 Å². The average molecular weight is 477 g/mol. The van der Waals surface area contributed by atoms with E-state index in [1.807, 2.05) is 0 Å². The molecule has 3 aromatic rings. The van der Waals surface area contributed by atoms with Gasteiger partial charge in [0.1, 0.15) is 23.1 Å². The fraction of sp³-hybridized carbons (Fsp3) is 0.0952. The van der Waals surface area contributed by atoms with E-state index in [9.17, 15) is 14.0 Å². The van der Waals surface area contributed by atoms with Crippen molar-refractivity contribution in [1.29, 1.82) is 0 Å². The lowest BCUT2D eigenvalue weighted by Gasteiger charge is -2.12. The number of urea groups is 1. The molecule has 0 spiro atoms. The first-order valence-corrected chi connectivity index (χ1v) is 10.3. The predicted octanol–water partition coefficient (Wildman–Crippen LogP) is 4.97. The van der Waals surface area contributed by atoms with Crippen molar-refractivity contribution in [3.05, 3.63) is 71.1 Å². The third-order valence-electron chi connectivity index (χ3n) is 4.07. The van der Waals surface area contributed by atoms with E-state index in [0.29, 0.717) is 27.1 Å². The van der Waals surface area contributed by atoms with Gasteiger partial charge < -0.3 is 14.8 Å². The van der Waals surface area contributed by atoms with E-state index in [0.717, 1.165) is 11.9 Å². The molecule has 32 heavy (non-hydrogen) atoms. The number of ether oxygens (including phenoxy) is 2. The van der Waals surface area contributed by atoms with Gasteiger partial charge in [-0.1, -0.05) is 23.7 Å². The Labute approximate surface area is 192 Å². The van der Waals surface area contributed by atoms with Crippen LogP contribution in [-0.2, 0) is 0 Å². The molecule has 0 radical (unpaired) electrons. The molecule has 1 heterocycles. The van der Waals surface area contributed by atoms with E-state index in [1.165, 1.54) is 50.7 Å². The van der Waals surface area contributed by atoms with Crippen molar-refractivity contribution in [2.24, 2.45) is 0 Å². The monoisotopic (exact) mass is 476 g/mol. The molecular formula is C21H18ClFN4O4S. The normalized spacial score (nSPS) is 10.2. The van der Waals surface area contributed by atoms with Gasteiger partial charge in [0.25, 0.3) is 5.91 Å². The third kappa shape index (κ3) is 5.80. The fourth-order valence-electron chi connectivity index (χ4n) is 2.54. The Balaban J connectivity index is 1.57. The highest BCUT2D eigenvalue weighted by Crippen LogP contribution is 2.37. The minimum Gasteiger partial charge on any atom is -0.495 e. The number of aromatic nitrogens is 1. The van der Waals surface area contributed by atoms with Crippen LogP contribution >= 0.6 is 23.5 Å². The molecule has 0 saturated heterocycles. The summed E-state index contributed by atoms with van der Waals surface area (Å²) in [5.41, 5.74) is 0.261. The molecule has 3 amide bonds. The average Bonchev–Trinajstić information content (AvgIpc) is 2.79. The summed E-state index contributed by atoms with van der Waals surface area (Å²) >= 11 is 7.11. The van der Waals surface area contributed by atoms with Crippen LogP contribution in [0.2, 0.25) is 5.02 Å². The van der Waals surface area contributed by atoms with E-state index in [1.54, 1.807) is 18.2 Å². The molecule has 0 atom stereocenters. The van der Waals surface area contributed by atoms with Crippen LogP contribution in [0.5, 0.6) is 11.5 Å². The number of nitrogens with zero attached hydrogens (tertiary/aromatic N) is 1. The Morgan fingerprint density at radius 3 is 2.44 bits per heavy atom. The lowest BCUT2D eigenvalue weighted by Crippen LogP contribution is -2.23. The van der Waals surface area contributed by atoms with Crippen LogP contribution in [0.4, 0.5) is 20.7 Å². The number of hydrogen-bond acceptors (Lipinski definition) is 6. The standard InChI is InChI=1S/C21H18ClFN4O4S/c1-30-16-10-17(31-2)18(9-14(16)22)32-27-21(29)26-19-8-7-12(11-24-19)25-20(28)13-5-3-4-6-15(13)23/h3-11H,1-2H3,(H,25,28)(H2,24,26,27,29). The van der Waals surface area contributed by atoms with Gasteiger partial charge in [-0.05, 0) is 42.3 Å². The van der Waals surface area contributed by atoms with Gasteiger partial charge in [0.15, 0.2) is 0 Å². The zero-order chi connectivity index (χ0) is 23.1. The van der Waals surface area contributed by atoms with Crippen molar-refractivity contribution in [2.75, 3.05) is 24.9 Å². The van der Waals surface area contributed by atoms with Gasteiger partial charge in [-0.3, -0.25) is 14.8 Å². The summed E-state index contributed by atoms with van der Waals surface area (Å²) in [5, 5.41) is 5.47. The van der Waals surface area contributed by atoms with Crippen molar-refractivity contribution in [2.45, 2.75) is 4.90 Å². The summed E-state index contributed by atoms with van der Waals surface area (Å²) in [6, 6.07) is 11.3. The number of hydrogen-bond donors (Lipinski definition) is 3. The summed E-state index contributed by atoms with van der Waals surface area (Å²) < 4.78 is 26.7. The zero-order valence-corrected chi connectivity index (χ0v) is 18.5. The molecule has 0 bridgehead atoms. The molecule has 0 aliphatic rings. The van der Waals surface area contributed by atoms with E-state index < -0.39 is 17.8 Å². The number of halogens is 2. The molecule has 0 aliphatic heterocycles. The molecule has 0 fully saturated rings. The van der Waals surface area contributed by atoms with Gasteiger partial charge in [-0.25, -0.2) is 14.2 Å². The van der Waals surface area contributed by atoms with E-state index >= 15 is 0 Å². The highest BCUT2D eigenvalue weighted by molar-refractivity contribution is 7.98. The summed E-state index contributed by atoms with van der Waals surface area (Å²) in [6.45, 7) is 0. The van der Waals surface area contributed by atoms with Crippen LogP contribution in [0.25, 0.3) is 0 Å². The Morgan fingerprint density at radius 1 is 1.03 bits per heavy atom. The van der Waals surface area contributed by atoms with Crippen LogP contribution in [-0.4, -0.2) is 31.1 Å². The molecular weight excluding hydrogens is 459 g/mol. The number of amides is 3. The van der Waals surface area contributed by atoms with Crippen LogP contribution in [0.15, 0.2) is 59.6 Å². The summed E-state index contributed by atoms with van der Waals surface area (Å²) in [6.07, 6.45) is 1.34. The van der Waals surface area contributed by atoms with Gasteiger partial charge in [0, 0.05) is 6.07 Å². The molecule has 11 heteroatoms. The number of methoxy groups -OCH3 is 2. The van der Waals surface area contributed by atoms with Crippen LogP contribution in [0.1, 0.15) is 10.4 Å². The van der Waals surface area contributed by atoms with Crippen LogP contribution < -0.4 is 24.8 Å². The van der Waals surface area contributed by atoms with E-state index in [-0.39, 0.29) is 11.4 Å². The van der Waals surface area contributed by atoms with Gasteiger partial charge in [0.2, 0.25) is 0 Å². The molecule has 0 unspecified atom stereocenters. The molecule has 2 aromatic carbocycles. The minimum absolute atomic E-state index is 0.0832. The largest absolute Gasteiger partial charge is 0.495 e. The third-order valence-corrected chi connectivity index (χ3v) is 5.19. The van der Waals surface area contributed by atoms with Crippen molar-refractivity contribution in [1.82, 2.24) is 9.71 Å².